The van der Waals surface area contributed by atoms with Crippen molar-refractivity contribution >= 4 is 17.6 Å². The van der Waals surface area contributed by atoms with Crippen molar-refractivity contribution < 1.29 is 19.6 Å². The number of rotatable bonds is 6. The Labute approximate surface area is 116 Å². The van der Waals surface area contributed by atoms with Crippen LogP contribution in [0, 0.1) is 10.1 Å². The van der Waals surface area contributed by atoms with E-state index in [-0.39, 0.29) is 17.3 Å². The van der Waals surface area contributed by atoms with Gasteiger partial charge in [-0.1, -0.05) is 19.1 Å². The van der Waals surface area contributed by atoms with Crippen molar-refractivity contribution in [1.29, 1.82) is 0 Å². The Morgan fingerprint density at radius 2 is 2.00 bits per heavy atom. The summed E-state index contributed by atoms with van der Waals surface area (Å²) >= 11 is 0. The molecule has 1 N–H and O–H groups in total. The highest BCUT2D eigenvalue weighted by molar-refractivity contribution is 5.99. The van der Waals surface area contributed by atoms with Crippen molar-refractivity contribution in [2.75, 3.05) is 6.54 Å². The summed E-state index contributed by atoms with van der Waals surface area (Å²) in [5.74, 6) is -1.80. The molecule has 20 heavy (non-hydrogen) atoms. The molecule has 0 fully saturated rings. The van der Waals surface area contributed by atoms with E-state index in [0.717, 1.165) is 4.90 Å². The summed E-state index contributed by atoms with van der Waals surface area (Å²) in [6.45, 7) is 3.03. The number of hydrogen-bond donors (Lipinski definition) is 1. The number of nitro benzene ring substituents is 1. The lowest BCUT2D eigenvalue weighted by Gasteiger charge is -2.26. The van der Waals surface area contributed by atoms with Crippen molar-refractivity contribution in [2.24, 2.45) is 0 Å². The number of aliphatic carboxylic acids is 1. The fourth-order valence-electron chi connectivity index (χ4n) is 1.76. The van der Waals surface area contributed by atoms with Crippen molar-refractivity contribution in [3.63, 3.8) is 0 Å². The number of carbonyl (C=O) groups excluding carboxylic acids is 1. The van der Waals surface area contributed by atoms with E-state index in [1.165, 1.54) is 24.3 Å². The Morgan fingerprint density at radius 3 is 2.50 bits per heavy atom. The highest BCUT2D eigenvalue weighted by atomic mass is 16.6. The summed E-state index contributed by atoms with van der Waals surface area (Å²) in [5, 5.41) is 19.8. The predicted octanol–water partition coefficient (Wildman–Crippen LogP) is 1.92. The van der Waals surface area contributed by atoms with Crippen LogP contribution in [0.1, 0.15) is 30.6 Å². The lowest BCUT2D eigenvalue weighted by atomic mass is 10.1. The molecule has 1 aromatic carbocycles. The second kappa shape index (κ2) is 6.65. The van der Waals surface area contributed by atoms with Crippen LogP contribution in [-0.2, 0) is 4.79 Å². The first-order valence-electron chi connectivity index (χ1n) is 6.14. The highest BCUT2D eigenvalue weighted by Gasteiger charge is 2.28. The molecule has 1 unspecified atom stereocenters. The zero-order valence-corrected chi connectivity index (χ0v) is 11.3. The molecule has 1 amide bonds. The molecule has 0 saturated heterocycles. The van der Waals surface area contributed by atoms with E-state index in [2.05, 4.69) is 0 Å². The zero-order valence-electron chi connectivity index (χ0n) is 11.3. The number of nitrogens with zero attached hydrogens (tertiary/aromatic N) is 2. The summed E-state index contributed by atoms with van der Waals surface area (Å²) in [6, 6.07) is 5.20. The van der Waals surface area contributed by atoms with Gasteiger partial charge in [0.2, 0.25) is 0 Å². The van der Waals surface area contributed by atoms with Gasteiger partial charge in [-0.3, -0.25) is 19.7 Å². The van der Waals surface area contributed by atoms with Crippen LogP contribution in [0.5, 0.6) is 0 Å². The van der Waals surface area contributed by atoms with E-state index in [1.807, 2.05) is 6.92 Å². The molecule has 0 heterocycles. The van der Waals surface area contributed by atoms with Crippen molar-refractivity contribution in [2.45, 2.75) is 26.3 Å². The summed E-state index contributed by atoms with van der Waals surface area (Å²) < 4.78 is 0. The first-order valence-corrected chi connectivity index (χ1v) is 6.14. The van der Waals surface area contributed by atoms with Crippen LogP contribution >= 0.6 is 0 Å². The number of carbonyl (C=O) groups is 2. The number of nitro groups is 1. The lowest BCUT2D eigenvalue weighted by Crippen LogP contribution is -2.42. The molecular weight excluding hydrogens is 264 g/mol. The molecule has 1 atom stereocenters. The van der Waals surface area contributed by atoms with E-state index in [0.29, 0.717) is 6.42 Å². The zero-order chi connectivity index (χ0) is 15.3. The lowest BCUT2D eigenvalue weighted by molar-refractivity contribution is -0.385. The average Bonchev–Trinajstić information content (AvgIpc) is 2.42. The number of carboxylic acid groups (broad SMARTS) is 1. The van der Waals surface area contributed by atoms with Crippen molar-refractivity contribution in [3.8, 4) is 0 Å². The third kappa shape index (κ3) is 3.53. The number of para-hydroxylation sites is 1. The van der Waals surface area contributed by atoms with Crippen LogP contribution in [0.3, 0.4) is 0 Å². The number of benzene rings is 1. The smallest absolute Gasteiger partial charge is 0.323 e. The molecule has 0 aliphatic heterocycles. The minimum atomic E-state index is -1.16. The minimum absolute atomic E-state index is 0.0981. The van der Waals surface area contributed by atoms with E-state index >= 15 is 0 Å². The Kier molecular flexibility index (Phi) is 5.19. The molecule has 1 rings (SSSR count). The molecule has 0 spiro atoms. The van der Waals surface area contributed by atoms with Crippen molar-refractivity contribution in [3.05, 3.63) is 39.9 Å². The fourth-order valence-corrected chi connectivity index (χ4v) is 1.76. The van der Waals surface area contributed by atoms with Gasteiger partial charge in [0, 0.05) is 12.1 Å². The van der Waals surface area contributed by atoms with Gasteiger partial charge in [-0.2, -0.15) is 0 Å². The monoisotopic (exact) mass is 280 g/mol. The van der Waals surface area contributed by atoms with Gasteiger partial charge >= 0.3 is 5.97 Å². The fraction of sp³-hybridized carbons (Fsp3) is 0.385. The maximum Gasteiger partial charge on any atom is 0.323 e. The number of amides is 1. The normalized spacial score (nSPS) is 11.7. The molecule has 108 valence electrons. The molecule has 0 saturated carbocycles. The molecule has 0 aliphatic rings. The first kappa shape index (κ1) is 15.6. The quantitative estimate of drug-likeness (QED) is 0.633. The Bertz CT molecular complexity index is 529. The number of hydrogen-bond acceptors (Lipinski definition) is 4. The standard InChI is InChI=1S/C13H16N2O5/c1-3-9(2)14(8-12(16)17)13(18)10-6-4-5-7-11(10)15(19)20/h4-7,9H,3,8H2,1-2H3,(H,16,17). The van der Waals surface area contributed by atoms with Gasteiger partial charge < -0.3 is 10.0 Å². The van der Waals surface area contributed by atoms with Gasteiger partial charge in [-0.15, -0.1) is 0 Å². The molecule has 0 aliphatic carbocycles. The molecule has 1 aromatic rings. The summed E-state index contributed by atoms with van der Waals surface area (Å²) in [7, 11) is 0. The van der Waals surface area contributed by atoms with Crippen LogP contribution in [0.2, 0.25) is 0 Å². The Balaban J connectivity index is 3.18. The largest absolute Gasteiger partial charge is 0.480 e. The van der Waals surface area contributed by atoms with Gasteiger partial charge in [0.1, 0.15) is 12.1 Å². The first-order chi connectivity index (χ1) is 9.38. The van der Waals surface area contributed by atoms with Gasteiger partial charge in [-0.05, 0) is 19.4 Å². The van der Waals surface area contributed by atoms with E-state index in [1.54, 1.807) is 6.92 Å². The predicted molar refractivity (Wildman–Crippen MR) is 71.5 cm³/mol. The number of carboxylic acids is 1. The van der Waals surface area contributed by atoms with Crippen LogP contribution < -0.4 is 0 Å². The second-order valence-corrected chi connectivity index (χ2v) is 4.36. The van der Waals surface area contributed by atoms with E-state index in [4.69, 9.17) is 5.11 Å². The summed E-state index contributed by atoms with van der Waals surface area (Å²) in [6.07, 6.45) is 0.555. The molecular formula is C13H16N2O5. The third-order valence-electron chi connectivity index (χ3n) is 3.02. The van der Waals surface area contributed by atoms with Crippen LogP contribution in [0.15, 0.2) is 24.3 Å². The average molecular weight is 280 g/mol. The maximum absolute atomic E-state index is 12.4. The van der Waals surface area contributed by atoms with Gasteiger partial charge in [0.25, 0.3) is 11.6 Å². The third-order valence-corrected chi connectivity index (χ3v) is 3.02. The molecule has 7 nitrogen and oxygen atoms in total. The summed E-state index contributed by atoms with van der Waals surface area (Å²) in [4.78, 5) is 34.6. The van der Waals surface area contributed by atoms with Gasteiger partial charge in [0.05, 0.1) is 4.92 Å². The van der Waals surface area contributed by atoms with E-state index < -0.39 is 23.3 Å². The highest BCUT2D eigenvalue weighted by Crippen LogP contribution is 2.21. The second-order valence-electron chi connectivity index (χ2n) is 4.36. The van der Waals surface area contributed by atoms with Crippen LogP contribution in [0.25, 0.3) is 0 Å². The Morgan fingerprint density at radius 1 is 1.40 bits per heavy atom. The summed E-state index contributed by atoms with van der Waals surface area (Å²) in [5.41, 5.74) is -0.421. The van der Waals surface area contributed by atoms with E-state index in [9.17, 15) is 19.7 Å². The molecule has 0 radical (unpaired) electrons. The SMILES string of the molecule is CCC(C)N(CC(=O)O)C(=O)c1ccccc1[N+](=O)[O-]. The van der Waals surface area contributed by atoms with Gasteiger partial charge in [0.15, 0.2) is 0 Å². The maximum atomic E-state index is 12.4. The van der Waals surface area contributed by atoms with Crippen LogP contribution in [0.4, 0.5) is 5.69 Å². The van der Waals surface area contributed by atoms with Crippen LogP contribution in [-0.4, -0.2) is 39.4 Å². The molecule has 0 bridgehead atoms. The van der Waals surface area contributed by atoms with Crippen molar-refractivity contribution in [1.82, 2.24) is 4.90 Å². The Hall–Kier alpha value is -2.44. The molecule has 0 aromatic heterocycles. The topological polar surface area (TPSA) is 101 Å². The molecule has 7 heteroatoms. The minimum Gasteiger partial charge on any atom is -0.480 e. The van der Waals surface area contributed by atoms with Gasteiger partial charge in [-0.25, -0.2) is 0 Å².